The largest absolute Gasteiger partial charge is 0.543 e. The van der Waals surface area contributed by atoms with Crippen LogP contribution in [0.1, 0.15) is 41.6 Å². The summed E-state index contributed by atoms with van der Waals surface area (Å²) in [6, 6.07) is 5.57. The first-order valence-corrected chi connectivity index (χ1v) is 14.6. The molecule has 0 unspecified atom stereocenters. The maximum absolute atomic E-state index is 13.0. The molecule has 1 amide bonds. The standard InChI is InChI=1S/C23H31N5O4SSi/c1-14-8-9-16(32-34(6,7)23(3,4)5)15(2)20(14)26-21(31)17-12-24-22(33-17)25-18-10-11-28(27-18)13-19(29)30/h8-12H,13H2,1-7H3,(H,26,31)(H,29,30)(H,24,25,27). The highest BCUT2D eigenvalue weighted by atomic mass is 32.1. The van der Waals surface area contributed by atoms with Crippen LogP contribution in [0.2, 0.25) is 18.1 Å². The highest BCUT2D eigenvalue weighted by molar-refractivity contribution is 7.17. The number of hydrogen-bond acceptors (Lipinski definition) is 7. The first kappa shape index (κ1) is 25.4. The topological polar surface area (TPSA) is 118 Å². The van der Waals surface area contributed by atoms with E-state index in [4.69, 9.17) is 9.53 Å². The van der Waals surface area contributed by atoms with Crippen molar-refractivity contribution < 1.29 is 19.1 Å². The Morgan fingerprint density at radius 3 is 2.56 bits per heavy atom. The van der Waals surface area contributed by atoms with Crippen LogP contribution < -0.4 is 15.1 Å². The molecule has 0 aliphatic carbocycles. The van der Waals surface area contributed by atoms with Crippen LogP contribution in [-0.2, 0) is 11.3 Å². The number of nitrogens with one attached hydrogen (secondary N) is 2. The minimum atomic E-state index is -2.03. The third-order valence-corrected chi connectivity index (χ3v) is 11.2. The number of aromatic nitrogens is 3. The van der Waals surface area contributed by atoms with Crippen molar-refractivity contribution in [1.82, 2.24) is 14.8 Å². The van der Waals surface area contributed by atoms with Crippen molar-refractivity contribution in [2.24, 2.45) is 0 Å². The molecule has 0 spiro atoms. The summed E-state index contributed by atoms with van der Waals surface area (Å²) in [5, 5.41) is 19.5. The lowest BCUT2D eigenvalue weighted by atomic mass is 10.1. The molecule has 0 aliphatic rings. The van der Waals surface area contributed by atoms with E-state index in [1.54, 1.807) is 12.3 Å². The van der Waals surface area contributed by atoms with Crippen LogP contribution in [0, 0.1) is 13.8 Å². The lowest BCUT2D eigenvalue weighted by Crippen LogP contribution is -2.44. The molecule has 3 rings (SSSR count). The van der Waals surface area contributed by atoms with E-state index in [2.05, 4.69) is 54.6 Å². The van der Waals surface area contributed by atoms with Crippen molar-refractivity contribution in [1.29, 1.82) is 0 Å². The normalized spacial score (nSPS) is 11.9. The number of nitrogens with zero attached hydrogens (tertiary/aromatic N) is 3. The monoisotopic (exact) mass is 501 g/mol. The lowest BCUT2D eigenvalue weighted by molar-refractivity contribution is -0.137. The van der Waals surface area contributed by atoms with Gasteiger partial charge in [0.1, 0.15) is 17.2 Å². The van der Waals surface area contributed by atoms with Crippen LogP contribution in [0.3, 0.4) is 0 Å². The zero-order valence-electron chi connectivity index (χ0n) is 20.5. The van der Waals surface area contributed by atoms with E-state index in [0.717, 1.165) is 22.6 Å². The Kier molecular flexibility index (Phi) is 7.17. The zero-order chi connectivity index (χ0) is 25.3. The highest BCUT2D eigenvalue weighted by Gasteiger charge is 2.39. The predicted octanol–water partition coefficient (Wildman–Crippen LogP) is 5.42. The van der Waals surface area contributed by atoms with E-state index in [1.165, 1.54) is 22.2 Å². The van der Waals surface area contributed by atoms with E-state index in [-0.39, 0.29) is 17.5 Å². The first-order chi connectivity index (χ1) is 15.8. The molecule has 2 heterocycles. The van der Waals surface area contributed by atoms with E-state index in [0.29, 0.717) is 15.8 Å². The maximum Gasteiger partial charge on any atom is 0.325 e. The molecule has 1 aromatic carbocycles. The molecule has 0 saturated heterocycles. The number of aryl methyl sites for hydroxylation is 1. The Morgan fingerprint density at radius 2 is 1.91 bits per heavy atom. The van der Waals surface area contributed by atoms with Crippen LogP contribution in [0.5, 0.6) is 5.75 Å². The Morgan fingerprint density at radius 1 is 1.21 bits per heavy atom. The van der Waals surface area contributed by atoms with Crippen molar-refractivity contribution in [3.05, 3.63) is 46.6 Å². The molecule has 0 aliphatic heterocycles. The predicted molar refractivity (Wildman–Crippen MR) is 137 cm³/mol. The molecule has 3 N–H and O–H groups in total. The Labute approximate surface area is 204 Å². The van der Waals surface area contributed by atoms with Crippen molar-refractivity contribution in [2.75, 3.05) is 10.6 Å². The first-order valence-electron chi connectivity index (χ1n) is 10.9. The van der Waals surface area contributed by atoms with Crippen LogP contribution in [0.25, 0.3) is 0 Å². The van der Waals surface area contributed by atoms with Gasteiger partial charge in [-0.1, -0.05) is 38.2 Å². The number of hydrogen-bond donors (Lipinski definition) is 3. The molecule has 2 aromatic heterocycles. The second-order valence-electron chi connectivity index (χ2n) is 9.64. The summed E-state index contributed by atoms with van der Waals surface area (Å²) in [6.45, 7) is 14.6. The van der Waals surface area contributed by atoms with Gasteiger partial charge in [-0.25, -0.2) is 4.98 Å². The maximum atomic E-state index is 13.0. The van der Waals surface area contributed by atoms with E-state index in [9.17, 15) is 9.59 Å². The molecule has 0 atom stereocenters. The second-order valence-corrected chi connectivity index (χ2v) is 15.4. The quantitative estimate of drug-likeness (QED) is 0.353. The van der Waals surface area contributed by atoms with Crippen molar-refractivity contribution >= 4 is 48.2 Å². The molecule has 0 saturated carbocycles. The van der Waals surface area contributed by atoms with Gasteiger partial charge in [0.2, 0.25) is 8.32 Å². The number of carboxylic acid groups (broad SMARTS) is 1. The Balaban J connectivity index is 1.74. The molecular weight excluding hydrogens is 470 g/mol. The summed E-state index contributed by atoms with van der Waals surface area (Å²) in [7, 11) is -2.03. The fourth-order valence-electron chi connectivity index (χ4n) is 2.94. The average molecular weight is 502 g/mol. The molecule has 0 bridgehead atoms. The minimum absolute atomic E-state index is 0.0588. The van der Waals surface area contributed by atoms with Gasteiger partial charge < -0.3 is 20.2 Å². The summed E-state index contributed by atoms with van der Waals surface area (Å²) in [5.74, 6) is -0.00863. The summed E-state index contributed by atoms with van der Waals surface area (Å²) in [4.78, 5) is 28.5. The minimum Gasteiger partial charge on any atom is -0.543 e. The van der Waals surface area contributed by atoms with Gasteiger partial charge in [0.05, 0.1) is 11.9 Å². The molecule has 34 heavy (non-hydrogen) atoms. The molecule has 0 fully saturated rings. The van der Waals surface area contributed by atoms with Crippen LogP contribution in [-0.4, -0.2) is 40.1 Å². The van der Waals surface area contributed by atoms with Crippen LogP contribution in [0.15, 0.2) is 30.6 Å². The van der Waals surface area contributed by atoms with Gasteiger partial charge in [0, 0.05) is 17.8 Å². The number of aliphatic carboxylic acids is 1. The third-order valence-electron chi connectivity index (χ3n) is 5.94. The third kappa shape index (κ3) is 5.84. The van der Waals surface area contributed by atoms with Gasteiger partial charge in [0.15, 0.2) is 10.9 Å². The molecule has 182 valence electrons. The number of amides is 1. The van der Waals surface area contributed by atoms with Crippen molar-refractivity contribution in [2.45, 2.75) is 59.3 Å². The van der Waals surface area contributed by atoms with E-state index >= 15 is 0 Å². The van der Waals surface area contributed by atoms with Crippen molar-refractivity contribution in [3.63, 3.8) is 0 Å². The zero-order valence-corrected chi connectivity index (χ0v) is 22.3. The molecule has 0 radical (unpaired) electrons. The van der Waals surface area contributed by atoms with Crippen LogP contribution in [0.4, 0.5) is 16.6 Å². The fraction of sp³-hybridized carbons (Fsp3) is 0.391. The number of anilines is 3. The number of benzene rings is 1. The highest BCUT2D eigenvalue weighted by Crippen LogP contribution is 2.40. The van der Waals surface area contributed by atoms with Gasteiger partial charge >= 0.3 is 5.97 Å². The number of carboxylic acids is 1. The lowest BCUT2D eigenvalue weighted by Gasteiger charge is -2.37. The SMILES string of the molecule is Cc1ccc(O[Si](C)(C)C(C)(C)C)c(C)c1NC(=O)c1cnc(Nc2ccn(CC(=O)O)n2)s1. The number of thiazole rings is 1. The smallest absolute Gasteiger partial charge is 0.325 e. The van der Waals surface area contributed by atoms with E-state index in [1.807, 2.05) is 26.0 Å². The molecule has 9 nitrogen and oxygen atoms in total. The fourth-order valence-corrected chi connectivity index (χ4v) is 4.73. The second kappa shape index (κ2) is 9.59. The summed E-state index contributed by atoms with van der Waals surface area (Å²) in [6.07, 6.45) is 3.05. The summed E-state index contributed by atoms with van der Waals surface area (Å²) >= 11 is 1.18. The molecule has 3 aromatic rings. The Hall–Kier alpha value is -3.18. The van der Waals surface area contributed by atoms with Gasteiger partial charge in [-0.05, 0) is 43.6 Å². The van der Waals surface area contributed by atoms with Gasteiger partial charge in [-0.3, -0.25) is 14.3 Å². The number of carbonyl (C=O) groups excluding carboxylic acids is 1. The molecular formula is C23H31N5O4SSi. The van der Waals surface area contributed by atoms with Gasteiger partial charge in [-0.2, -0.15) is 5.10 Å². The number of carbonyl (C=O) groups is 2. The average Bonchev–Trinajstić information content (AvgIpc) is 3.36. The van der Waals surface area contributed by atoms with Crippen LogP contribution >= 0.6 is 11.3 Å². The molecule has 11 heteroatoms. The Bertz CT molecular complexity index is 1210. The van der Waals surface area contributed by atoms with Gasteiger partial charge in [-0.15, -0.1) is 0 Å². The van der Waals surface area contributed by atoms with Gasteiger partial charge in [0.25, 0.3) is 5.91 Å². The summed E-state index contributed by atoms with van der Waals surface area (Å²) < 4.78 is 7.80. The number of rotatable bonds is 8. The summed E-state index contributed by atoms with van der Waals surface area (Å²) in [5.41, 5.74) is 2.57. The van der Waals surface area contributed by atoms with Crippen molar-refractivity contribution in [3.8, 4) is 5.75 Å². The van der Waals surface area contributed by atoms with E-state index < -0.39 is 14.3 Å².